The lowest BCUT2D eigenvalue weighted by molar-refractivity contribution is -0.129. The van der Waals surface area contributed by atoms with Gasteiger partial charge in [0.15, 0.2) is 11.6 Å². The van der Waals surface area contributed by atoms with E-state index >= 15 is 0 Å². The molecule has 3 nitrogen and oxygen atoms in total. The van der Waals surface area contributed by atoms with Crippen molar-refractivity contribution in [3.63, 3.8) is 0 Å². The number of likely N-dealkylation sites (N-methyl/N-ethyl adjacent to an activating group) is 1. The second-order valence-electron chi connectivity index (χ2n) is 5.19. The molecule has 0 fully saturated rings. The van der Waals surface area contributed by atoms with Crippen LogP contribution in [0.1, 0.15) is 18.5 Å². The maximum atomic E-state index is 13.3. The Morgan fingerprint density at radius 3 is 2.57 bits per heavy atom. The van der Waals surface area contributed by atoms with E-state index in [9.17, 15) is 13.6 Å². The van der Waals surface area contributed by atoms with Crippen LogP contribution in [0.4, 0.5) is 14.5 Å². The number of benzene rings is 2. The molecule has 0 bridgehead atoms. The topological polar surface area (TPSA) is 32.3 Å². The van der Waals surface area contributed by atoms with Crippen LogP contribution in [0.25, 0.3) is 0 Å². The Labute approximate surface area is 138 Å². The summed E-state index contributed by atoms with van der Waals surface area (Å²) in [6, 6.07) is 10.3. The number of carbonyl (C=O) groups excluding carboxylic acids is 1. The van der Waals surface area contributed by atoms with E-state index < -0.39 is 11.6 Å². The molecule has 0 saturated heterocycles. The summed E-state index contributed by atoms with van der Waals surface area (Å²) in [6.07, 6.45) is 0. The molecule has 6 heteroatoms. The van der Waals surface area contributed by atoms with Gasteiger partial charge >= 0.3 is 0 Å². The predicted octanol–water partition coefficient (Wildman–Crippen LogP) is 4.25. The molecule has 1 amide bonds. The maximum absolute atomic E-state index is 13.3. The van der Waals surface area contributed by atoms with Crippen molar-refractivity contribution in [3.05, 3.63) is 64.7 Å². The van der Waals surface area contributed by atoms with Crippen LogP contribution in [0.3, 0.4) is 0 Å². The molecule has 1 atom stereocenters. The first kappa shape index (κ1) is 17.2. The van der Waals surface area contributed by atoms with Crippen molar-refractivity contribution in [2.75, 3.05) is 18.9 Å². The van der Waals surface area contributed by atoms with E-state index in [0.29, 0.717) is 16.3 Å². The first-order chi connectivity index (χ1) is 10.9. The van der Waals surface area contributed by atoms with E-state index in [0.717, 1.165) is 12.1 Å². The summed E-state index contributed by atoms with van der Waals surface area (Å²) in [5.74, 6) is -2.03. The minimum Gasteiger partial charge on any atom is -0.375 e. The van der Waals surface area contributed by atoms with Crippen LogP contribution in [0.2, 0.25) is 5.02 Å². The summed E-state index contributed by atoms with van der Waals surface area (Å²) in [7, 11) is 1.61. The Morgan fingerprint density at radius 1 is 1.22 bits per heavy atom. The smallest absolute Gasteiger partial charge is 0.242 e. The highest BCUT2D eigenvalue weighted by atomic mass is 35.5. The van der Waals surface area contributed by atoms with E-state index in [4.69, 9.17) is 11.6 Å². The van der Waals surface area contributed by atoms with Gasteiger partial charge in [-0.25, -0.2) is 8.78 Å². The lowest BCUT2D eigenvalue weighted by Crippen LogP contribution is -2.34. The van der Waals surface area contributed by atoms with E-state index in [1.165, 1.54) is 11.0 Å². The second kappa shape index (κ2) is 7.42. The summed E-state index contributed by atoms with van der Waals surface area (Å²) in [6.45, 7) is 1.80. The largest absolute Gasteiger partial charge is 0.375 e. The molecule has 23 heavy (non-hydrogen) atoms. The first-order valence-electron chi connectivity index (χ1n) is 7.09. The second-order valence-corrected chi connectivity index (χ2v) is 5.59. The minimum atomic E-state index is -0.926. The zero-order chi connectivity index (χ0) is 17.0. The molecule has 0 saturated carbocycles. The number of rotatable bonds is 5. The van der Waals surface area contributed by atoms with Gasteiger partial charge in [-0.1, -0.05) is 29.8 Å². The van der Waals surface area contributed by atoms with Gasteiger partial charge in [-0.05, 0) is 36.8 Å². The Morgan fingerprint density at radius 2 is 1.91 bits per heavy atom. The van der Waals surface area contributed by atoms with Crippen LogP contribution in [-0.4, -0.2) is 24.4 Å². The van der Waals surface area contributed by atoms with Crippen molar-refractivity contribution in [1.82, 2.24) is 4.90 Å². The van der Waals surface area contributed by atoms with Gasteiger partial charge in [0.1, 0.15) is 0 Å². The lowest BCUT2D eigenvalue weighted by Gasteiger charge is -2.26. The van der Waals surface area contributed by atoms with Gasteiger partial charge in [-0.15, -0.1) is 0 Å². The van der Waals surface area contributed by atoms with Gasteiger partial charge < -0.3 is 10.2 Å². The zero-order valence-electron chi connectivity index (χ0n) is 12.8. The first-order valence-corrected chi connectivity index (χ1v) is 7.47. The monoisotopic (exact) mass is 338 g/mol. The SMILES string of the molecule is CC(c1ccc(F)c(F)c1)N(C)C(=O)CNc1ccccc1Cl. The number of hydrogen-bond donors (Lipinski definition) is 1. The predicted molar refractivity (Wildman–Crippen MR) is 87.5 cm³/mol. The number of amides is 1. The van der Waals surface area contributed by atoms with Crippen molar-refractivity contribution in [2.45, 2.75) is 13.0 Å². The number of halogens is 3. The molecule has 2 aromatic carbocycles. The normalized spacial score (nSPS) is 11.9. The highest BCUT2D eigenvalue weighted by Crippen LogP contribution is 2.22. The maximum Gasteiger partial charge on any atom is 0.242 e. The van der Waals surface area contributed by atoms with Crippen LogP contribution in [-0.2, 0) is 4.79 Å². The van der Waals surface area contributed by atoms with E-state index in [2.05, 4.69) is 5.32 Å². The number of anilines is 1. The summed E-state index contributed by atoms with van der Waals surface area (Å²) >= 11 is 6.01. The molecule has 0 aliphatic rings. The van der Waals surface area contributed by atoms with Crippen LogP contribution < -0.4 is 5.32 Å². The van der Waals surface area contributed by atoms with Crippen molar-refractivity contribution < 1.29 is 13.6 Å². The molecule has 0 aromatic heterocycles. The lowest BCUT2D eigenvalue weighted by atomic mass is 10.1. The van der Waals surface area contributed by atoms with E-state index in [1.54, 1.807) is 32.2 Å². The Bertz CT molecular complexity index is 709. The van der Waals surface area contributed by atoms with Crippen molar-refractivity contribution in [2.24, 2.45) is 0 Å². The standard InChI is InChI=1S/C17H17ClF2N2O/c1-11(12-7-8-14(19)15(20)9-12)22(2)17(23)10-21-16-6-4-3-5-13(16)18/h3-9,11,21H,10H2,1-2H3. The Balaban J connectivity index is 2.01. The zero-order valence-corrected chi connectivity index (χ0v) is 13.6. The highest BCUT2D eigenvalue weighted by molar-refractivity contribution is 6.33. The number of carbonyl (C=O) groups is 1. The van der Waals surface area contributed by atoms with Gasteiger partial charge in [-0.2, -0.15) is 0 Å². The van der Waals surface area contributed by atoms with Gasteiger partial charge in [0.05, 0.1) is 23.3 Å². The van der Waals surface area contributed by atoms with Crippen LogP contribution in [0, 0.1) is 11.6 Å². The number of nitrogens with zero attached hydrogens (tertiary/aromatic N) is 1. The van der Waals surface area contributed by atoms with Crippen LogP contribution >= 0.6 is 11.6 Å². The molecule has 2 rings (SSSR count). The molecule has 0 spiro atoms. The highest BCUT2D eigenvalue weighted by Gasteiger charge is 2.18. The summed E-state index contributed by atoms with van der Waals surface area (Å²) < 4.78 is 26.3. The van der Waals surface area contributed by atoms with E-state index in [1.807, 2.05) is 6.07 Å². The molecule has 0 radical (unpaired) electrons. The van der Waals surface area contributed by atoms with Crippen molar-refractivity contribution in [1.29, 1.82) is 0 Å². The fourth-order valence-electron chi connectivity index (χ4n) is 2.11. The third-order valence-corrected chi connectivity index (χ3v) is 4.03. The molecule has 122 valence electrons. The molecule has 0 heterocycles. The molecule has 1 unspecified atom stereocenters. The van der Waals surface area contributed by atoms with Crippen molar-refractivity contribution in [3.8, 4) is 0 Å². The molecule has 0 aliphatic carbocycles. The Hall–Kier alpha value is -2.14. The van der Waals surface area contributed by atoms with Gasteiger partial charge in [0.2, 0.25) is 5.91 Å². The number of para-hydroxylation sites is 1. The fraction of sp³-hybridized carbons (Fsp3) is 0.235. The van der Waals surface area contributed by atoms with Gasteiger partial charge in [0, 0.05) is 7.05 Å². The van der Waals surface area contributed by atoms with Crippen molar-refractivity contribution >= 4 is 23.2 Å². The third kappa shape index (κ3) is 4.20. The molecule has 0 aliphatic heterocycles. The van der Waals surface area contributed by atoms with Crippen LogP contribution in [0.5, 0.6) is 0 Å². The Kier molecular flexibility index (Phi) is 5.55. The van der Waals surface area contributed by atoms with Gasteiger partial charge in [-0.3, -0.25) is 4.79 Å². The average Bonchev–Trinajstić information content (AvgIpc) is 2.55. The quantitative estimate of drug-likeness (QED) is 0.884. The molecular formula is C17H17ClF2N2O. The fourth-order valence-corrected chi connectivity index (χ4v) is 2.31. The third-order valence-electron chi connectivity index (χ3n) is 3.70. The average molecular weight is 339 g/mol. The number of nitrogens with one attached hydrogen (secondary N) is 1. The minimum absolute atomic E-state index is 0.0499. The van der Waals surface area contributed by atoms with Crippen LogP contribution in [0.15, 0.2) is 42.5 Å². The van der Waals surface area contributed by atoms with E-state index in [-0.39, 0.29) is 18.5 Å². The molecule has 2 aromatic rings. The summed E-state index contributed by atoms with van der Waals surface area (Å²) in [5.41, 5.74) is 1.19. The van der Waals surface area contributed by atoms with Gasteiger partial charge in [0.25, 0.3) is 0 Å². The molecule has 1 N–H and O–H groups in total. The molecular weight excluding hydrogens is 322 g/mol. The number of hydrogen-bond acceptors (Lipinski definition) is 2. The summed E-state index contributed by atoms with van der Waals surface area (Å²) in [4.78, 5) is 13.7. The summed E-state index contributed by atoms with van der Waals surface area (Å²) in [5, 5.41) is 3.49.